The molecule has 0 aliphatic rings. The summed E-state index contributed by atoms with van der Waals surface area (Å²) in [6, 6.07) is 11.6. The van der Waals surface area contributed by atoms with Crippen molar-refractivity contribution < 1.29 is 19.4 Å². The molecule has 0 saturated heterocycles. The van der Waals surface area contributed by atoms with Crippen LogP contribution >= 0.6 is 0 Å². The van der Waals surface area contributed by atoms with Gasteiger partial charge in [-0.15, -0.1) is 0 Å². The molecule has 3 rings (SSSR count). The number of rotatable bonds is 2. The Morgan fingerprint density at radius 2 is 1.76 bits per heavy atom. The lowest BCUT2D eigenvalue weighted by Gasteiger charge is -2.09. The Bertz CT molecular complexity index is 865. The van der Waals surface area contributed by atoms with Gasteiger partial charge in [-0.3, -0.25) is 4.79 Å². The lowest BCUT2D eigenvalue weighted by Crippen LogP contribution is -2.03. The molecule has 5 nitrogen and oxygen atoms in total. The fraction of sp³-hybridized carbons (Fsp3) is 0.0625. The molecule has 5 heteroatoms. The Morgan fingerprint density at radius 3 is 2.43 bits per heavy atom. The van der Waals surface area contributed by atoms with Gasteiger partial charge >= 0.3 is 0 Å². The molecule has 0 aliphatic carbocycles. The Hall–Kier alpha value is -2.95. The standard InChI is InChI=1S/C16H12O5/c1-20-11-8-7-10(17)12-13(18)14(19)15(21-16(11)12)9-5-3-2-4-6-9/h2-8,17,19H,1H3. The highest BCUT2D eigenvalue weighted by atomic mass is 16.5. The summed E-state index contributed by atoms with van der Waals surface area (Å²) in [6.45, 7) is 0. The van der Waals surface area contributed by atoms with Crippen molar-refractivity contribution in [3.63, 3.8) is 0 Å². The van der Waals surface area contributed by atoms with Gasteiger partial charge in [0.05, 0.1) is 7.11 Å². The van der Waals surface area contributed by atoms with Gasteiger partial charge in [0, 0.05) is 5.56 Å². The van der Waals surface area contributed by atoms with Crippen LogP contribution in [-0.4, -0.2) is 17.3 Å². The van der Waals surface area contributed by atoms with Gasteiger partial charge in [-0.25, -0.2) is 0 Å². The van der Waals surface area contributed by atoms with Crippen LogP contribution in [0.3, 0.4) is 0 Å². The molecule has 3 aromatic rings. The van der Waals surface area contributed by atoms with Gasteiger partial charge in [0.2, 0.25) is 11.2 Å². The number of phenols is 1. The molecular weight excluding hydrogens is 272 g/mol. The highest BCUT2D eigenvalue weighted by Gasteiger charge is 2.20. The maximum atomic E-state index is 12.3. The zero-order valence-corrected chi connectivity index (χ0v) is 11.2. The van der Waals surface area contributed by atoms with Gasteiger partial charge in [-0.1, -0.05) is 30.3 Å². The van der Waals surface area contributed by atoms with Crippen LogP contribution in [0.5, 0.6) is 17.2 Å². The number of fused-ring (bicyclic) bond motifs is 1. The van der Waals surface area contributed by atoms with Crippen LogP contribution < -0.4 is 10.2 Å². The third-order valence-electron chi connectivity index (χ3n) is 3.22. The first kappa shape index (κ1) is 13.1. The van der Waals surface area contributed by atoms with E-state index in [1.165, 1.54) is 19.2 Å². The molecule has 0 aliphatic heterocycles. The van der Waals surface area contributed by atoms with Crippen LogP contribution in [0.15, 0.2) is 51.7 Å². The highest BCUT2D eigenvalue weighted by Crippen LogP contribution is 2.36. The molecule has 0 spiro atoms. The van der Waals surface area contributed by atoms with E-state index in [2.05, 4.69) is 0 Å². The molecule has 0 atom stereocenters. The first-order valence-electron chi connectivity index (χ1n) is 6.24. The summed E-state index contributed by atoms with van der Waals surface area (Å²) in [5.41, 5.74) is -0.0509. The largest absolute Gasteiger partial charge is 0.507 e. The van der Waals surface area contributed by atoms with Crippen molar-refractivity contribution in [2.45, 2.75) is 0 Å². The fourth-order valence-electron chi connectivity index (χ4n) is 2.19. The number of ether oxygens (including phenoxy) is 1. The quantitative estimate of drug-likeness (QED) is 0.756. The summed E-state index contributed by atoms with van der Waals surface area (Å²) in [6.07, 6.45) is 0. The fourth-order valence-corrected chi connectivity index (χ4v) is 2.19. The van der Waals surface area contributed by atoms with E-state index >= 15 is 0 Å². The van der Waals surface area contributed by atoms with Crippen molar-refractivity contribution in [1.82, 2.24) is 0 Å². The van der Waals surface area contributed by atoms with Crippen molar-refractivity contribution in [2.24, 2.45) is 0 Å². The van der Waals surface area contributed by atoms with E-state index in [1.807, 2.05) is 6.07 Å². The van der Waals surface area contributed by atoms with Crippen molar-refractivity contribution >= 4 is 11.0 Å². The lowest BCUT2D eigenvalue weighted by atomic mass is 10.1. The molecule has 2 aromatic carbocycles. The summed E-state index contributed by atoms with van der Waals surface area (Å²) in [5, 5.41) is 19.8. The minimum absolute atomic E-state index is 0.0389. The zero-order valence-electron chi connectivity index (χ0n) is 11.2. The summed E-state index contributed by atoms with van der Waals surface area (Å²) in [5.74, 6) is -0.471. The van der Waals surface area contributed by atoms with Crippen molar-refractivity contribution in [1.29, 1.82) is 0 Å². The monoisotopic (exact) mass is 284 g/mol. The summed E-state index contributed by atoms with van der Waals surface area (Å²) < 4.78 is 10.8. The second-order valence-electron chi connectivity index (χ2n) is 4.47. The summed E-state index contributed by atoms with van der Waals surface area (Å²) in [7, 11) is 1.43. The lowest BCUT2D eigenvalue weighted by molar-refractivity contribution is 0.403. The van der Waals surface area contributed by atoms with Crippen LogP contribution in [-0.2, 0) is 0 Å². The maximum Gasteiger partial charge on any atom is 0.238 e. The Labute approximate surface area is 119 Å². The van der Waals surface area contributed by atoms with Crippen LogP contribution in [0.25, 0.3) is 22.3 Å². The first-order chi connectivity index (χ1) is 10.1. The number of phenolic OH excluding ortho intramolecular Hbond substituents is 1. The minimum atomic E-state index is -0.702. The number of hydrogen-bond acceptors (Lipinski definition) is 5. The molecule has 1 aromatic heterocycles. The molecule has 0 radical (unpaired) electrons. The minimum Gasteiger partial charge on any atom is -0.507 e. The average molecular weight is 284 g/mol. The predicted octanol–water partition coefficient (Wildman–Crippen LogP) is 2.88. The Kier molecular flexibility index (Phi) is 3.02. The second-order valence-corrected chi connectivity index (χ2v) is 4.47. The number of benzene rings is 2. The average Bonchev–Trinajstić information content (AvgIpc) is 2.51. The number of hydrogen-bond donors (Lipinski definition) is 2. The molecule has 0 fully saturated rings. The third-order valence-corrected chi connectivity index (χ3v) is 3.22. The molecule has 1 heterocycles. The predicted molar refractivity (Wildman–Crippen MR) is 77.8 cm³/mol. The van der Waals surface area contributed by atoms with Gasteiger partial charge in [0.25, 0.3) is 0 Å². The van der Waals surface area contributed by atoms with Gasteiger partial charge in [0.1, 0.15) is 11.1 Å². The van der Waals surface area contributed by atoms with Gasteiger partial charge in [-0.2, -0.15) is 0 Å². The molecule has 21 heavy (non-hydrogen) atoms. The molecule has 106 valence electrons. The topological polar surface area (TPSA) is 79.9 Å². The van der Waals surface area contributed by atoms with E-state index in [-0.39, 0.29) is 22.5 Å². The Morgan fingerprint density at radius 1 is 1.05 bits per heavy atom. The first-order valence-corrected chi connectivity index (χ1v) is 6.24. The van der Waals surface area contributed by atoms with Gasteiger partial charge in [-0.05, 0) is 12.1 Å². The van der Waals surface area contributed by atoms with Gasteiger partial charge < -0.3 is 19.4 Å². The van der Waals surface area contributed by atoms with Crippen LogP contribution in [0.1, 0.15) is 0 Å². The summed E-state index contributed by atoms with van der Waals surface area (Å²) in [4.78, 5) is 12.3. The van der Waals surface area contributed by atoms with E-state index in [1.54, 1.807) is 24.3 Å². The van der Waals surface area contributed by atoms with E-state index in [4.69, 9.17) is 9.15 Å². The normalized spacial score (nSPS) is 10.7. The molecule has 0 unspecified atom stereocenters. The number of methoxy groups -OCH3 is 1. The molecular formula is C16H12O5. The molecule has 0 saturated carbocycles. The van der Waals surface area contributed by atoms with E-state index in [0.29, 0.717) is 11.3 Å². The number of aromatic hydroxyl groups is 2. The Balaban J connectivity index is 2.45. The van der Waals surface area contributed by atoms with E-state index < -0.39 is 11.2 Å². The second kappa shape index (κ2) is 4.86. The molecule has 0 amide bonds. The highest BCUT2D eigenvalue weighted by molar-refractivity contribution is 5.90. The smallest absolute Gasteiger partial charge is 0.238 e. The maximum absolute atomic E-state index is 12.3. The zero-order chi connectivity index (χ0) is 15.0. The van der Waals surface area contributed by atoms with E-state index in [9.17, 15) is 15.0 Å². The van der Waals surface area contributed by atoms with Crippen molar-refractivity contribution in [2.75, 3.05) is 7.11 Å². The van der Waals surface area contributed by atoms with Gasteiger partial charge in [0.15, 0.2) is 17.1 Å². The van der Waals surface area contributed by atoms with E-state index in [0.717, 1.165) is 0 Å². The molecule has 0 bridgehead atoms. The van der Waals surface area contributed by atoms with Crippen LogP contribution in [0.2, 0.25) is 0 Å². The van der Waals surface area contributed by atoms with Crippen LogP contribution in [0.4, 0.5) is 0 Å². The SMILES string of the molecule is COc1ccc(O)c2c(=O)c(O)c(-c3ccccc3)oc12. The molecule has 2 N–H and O–H groups in total. The van der Waals surface area contributed by atoms with Crippen molar-refractivity contribution in [3.8, 4) is 28.6 Å². The van der Waals surface area contributed by atoms with Crippen LogP contribution in [0, 0.1) is 0 Å². The summed E-state index contributed by atoms with van der Waals surface area (Å²) >= 11 is 0. The third kappa shape index (κ3) is 1.99. The van der Waals surface area contributed by atoms with Crippen molar-refractivity contribution in [3.05, 3.63) is 52.7 Å².